The number of likely N-dealkylation sites (tertiary alicyclic amines) is 1. The number of carbonyl (C=O) groups excluding carboxylic acids is 3. The Kier molecular flexibility index (Phi) is 6.47. The van der Waals surface area contributed by atoms with Gasteiger partial charge in [0.15, 0.2) is 6.10 Å². The van der Waals surface area contributed by atoms with Crippen LogP contribution in [0.3, 0.4) is 0 Å². The van der Waals surface area contributed by atoms with E-state index in [-0.39, 0.29) is 34.7 Å². The van der Waals surface area contributed by atoms with Crippen molar-refractivity contribution < 1.29 is 24.2 Å². The largest absolute Gasteiger partial charge is 0.507 e. The predicted octanol–water partition coefficient (Wildman–Crippen LogP) is 1.95. The number of halogens is 1. The Bertz CT molecular complexity index is 707. The molecule has 0 aromatic heterocycles. The third kappa shape index (κ3) is 4.66. The number of hydrogen-bond donors (Lipinski definition) is 2. The number of piperidine rings is 1. The Labute approximate surface area is 157 Å². The topological polar surface area (TPSA) is 110 Å². The fourth-order valence-electron chi connectivity index (χ4n) is 2.91. The first-order chi connectivity index (χ1) is 12.2. The van der Waals surface area contributed by atoms with E-state index in [9.17, 15) is 19.5 Å². The van der Waals surface area contributed by atoms with Crippen molar-refractivity contribution >= 4 is 29.4 Å². The lowest BCUT2D eigenvalue weighted by atomic mass is 9.96. The van der Waals surface area contributed by atoms with E-state index in [1.54, 1.807) is 13.8 Å². The molecule has 8 heteroatoms. The summed E-state index contributed by atoms with van der Waals surface area (Å²) in [4.78, 5) is 38.2. The van der Waals surface area contributed by atoms with Gasteiger partial charge in [-0.05, 0) is 37.0 Å². The summed E-state index contributed by atoms with van der Waals surface area (Å²) in [7, 11) is 0. The highest BCUT2D eigenvalue weighted by molar-refractivity contribution is 6.31. The molecule has 3 N–H and O–H groups in total. The lowest BCUT2D eigenvalue weighted by Gasteiger charge is -2.34. The number of nitrogens with zero attached hydrogens (tertiary/aromatic N) is 1. The average molecular weight is 383 g/mol. The highest BCUT2D eigenvalue weighted by Gasteiger charge is 2.35. The van der Waals surface area contributed by atoms with E-state index in [0.717, 1.165) is 0 Å². The number of ether oxygens (including phenoxy) is 1. The van der Waals surface area contributed by atoms with Crippen molar-refractivity contribution in [2.75, 3.05) is 13.1 Å². The van der Waals surface area contributed by atoms with E-state index in [1.807, 2.05) is 0 Å². The third-order valence-electron chi connectivity index (χ3n) is 4.40. The number of nitrogens with two attached hydrogens (primary N) is 1. The molecule has 0 aliphatic carbocycles. The van der Waals surface area contributed by atoms with Crippen molar-refractivity contribution in [3.63, 3.8) is 0 Å². The van der Waals surface area contributed by atoms with Gasteiger partial charge in [0.2, 0.25) is 5.91 Å². The number of phenolic OH excluding ortho intramolecular Hbond substituents is 1. The molecule has 26 heavy (non-hydrogen) atoms. The zero-order valence-electron chi connectivity index (χ0n) is 14.8. The fraction of sp³-hybridized carbons (Fsp3) is 0.500. The molecule has 2 rings (SSSR count). The van der Waals surface area contributed by atoms with Crippen molar-refractivity contribution in [3.8, 4) is 5.75 Å². The molecule has 1 heterocycles. The molecule has 1 aliphatic rings. The van der Waals surface area contributed by atoms with E-state index in [4.69, 9.17) is 22.1 Å². The maximum Gasteiger partial charge on any atom is 0.342 e. The highest BCUT2D eigenvalue weighted by atomic mass is 35.5. The monoisotopic (exact) mass is 382 g/mol. The lowest BCUT2D eigenvalue weighted by molar-refractivity contribution is -0.145. The van der Waals surface area contributed by atoms with Crippen molar-refractivity contribution in [2.24, 2.45) is 17.6 Å². The molecule has 0 unspecified atom stereocenters. The second kappa shape index (κ2) is 8.40. The zero-order valence-corrected chi connectivity index (χ0v) is 15.5. The van der Waals surface area contributed by atoms with Crippen LogP contribution in [0, 0.1) is 11.8 Å². The van der Waals surface area contributed by atoms with E-state index in [2.05, 4.69) is 0 Å². The molecule has 1 saturated heterocycles. The molecule has 1 aromatic rings. The summed E-state index contributed by atoms with van der Waals surface area (Å²) in [6, 6.07) is 4.01. The number of benzene rings is 1. The molecule has 2 amide bonds. The van der Waals surface area contributed by atoms with Crippen LogP contribution in [0.5, 0.6) is 5.75 Å². The quantitative estimate of drug-likeness (QED) is 0.756. The summed E-state index contributed by atoms with van der Waals surface area (Å²) in [5.74, 6) is -2.61. The zero-order chi connectivity index (χ0) is 19.4. The number of esters is 1. The van der Waals surface area contributed by atoms with Crippen molar-refractivity contribution in [1.29, 1.82) is 0 Å². The molecule has 1 aromatic carbocycles. The highest BCUT2D eigenvalue weighted by Crippen LogP contribution is 2.25. The normalized spacial score (nSPS) is 18.5. The third-order valence-corrected chi connectivity index (χ3v) is 4.63. The van der Waals surface area contributed by atoms with E-state index < -0.39 is 23.9 Å². The Morgan fingerprint density at radius 3 is 2.65 bits per heavy atom. The van der Waals surface area contributed by atoms with Gasteiger partial charge in [0.1, 0.15) is 11.3 Å². The lowest BCUT2D eigenvalue weighted by Crippen LogP contribution is -2.50. The van der Waals surface area contributed by atoms with Gasteiger partial charge in [-0.1, -0.05) is 25.4 Å². The van der Waals surface area contributed by atoms with Gasteiger partial charge in [-0.15, -0.1) is 0 Å². The predicted molar refractivity (Wildman–Crippen MR) is 95.7 cm³/mol. The van der Waals surface area contributed by atoms with Crippen LogP contribution >= 0.6 is 11.6 Å². The molecule has 0 bridgehead atoms. The molecule has 1 aliphatic heterocycles. The van der Waals surface area contributed by atoms with Crippen LogP contribution in [-0.2, 0) is 14.3 Å². The number of phenols is 1. The molecule has 0 saturated carbocycles. The Morgan fingerprint density at radius 2 is 2.04 bits per heavy atom. The Hall–Kier alpha value is -2.28. The average Bonchev–Trinajstić information content (AvgIpc) is 2.60. The van der Waals surface area contributed by atoms with Crippen LogP contribution in [0.4, 0.5) is 0 Å². The van der Waals surface area contributed by atoms with Crippen LogP contribution in [0.2, 0.25) is 5.02 Å². The summed E-state index contributed by atoms with van der Waals surface area (Å²) >= 11 is 5.85. The minimum Gasteiger partial charge on any atom is -0.507 e. The van der Waals surface area contributed by atoms with Gasteiger partial charge in [-0.2, -0.15) is 0 Å². The van der Waals surface area contributed by atoms with Crippen LogP contribution in [-0.4, -0.2) is 47.0 Å². The first-order valence-electron chi connectivity index (χ1n) is 8.48. The van der Waals surface area contributed by atoms with Gasteiger partial charge in [0.25, 0.3) is 5.91 Å². The van der Waals surface area contributed by atoms with Crippen LogP contribution < -0.4 is 5.73 Å². The molecule has 2 atom stereocenters. The van der Waals surface area contributed by atoms with Gasteiger partial charge >= 0.3 is 5.97 Å². The second-order valence-corrected chi connectivity index (χ2v) is 7.19. The van der Waals surface area contributed by atoms with Gasteiger partial charge in [-0.3, -0.25) is 9.59 Å². The van der Waals surface area contributed by atoms with Crippen molar-refractivity contribution in [3.05, 3.63) is 28.8 Å². The standard InChI is InChI=1S/C18H23ClN2O5/c1-10(2)15(17(24)21-7-3-4-11(9-21)16(20)23)26-18(25)13-8-12(19)5-6-14(13)22/h5-6,8,10-11,15,22H,3-4,7,9H2,1-2H3,(H2,20,23)/t11-,15+/m1/s1. The molecular weight excluding hydrogens is 360 g/mol. The van der Waals surface area contributed by atoms with Gasteiger partial charge < -0.3 is 20.5 Å². The summed E-state index contributed by atoms with van der Waals surface area (Å²) in [6.45, 7) is 4.20. The van der Waals surface area contributed by atoms with Crippen LogP contribution in [0.25, 0.3) is 0 Å². The van der Waals surface area contributed by atoms with Crippen molar-refractivity contribution in [2.45, 2.75) is 32.8 Å². The van der Waals surface area contributed by atoms with Crippen molar-refractivity contribution in [1.82, 2.24) is 4.90 Å². The number of primary amides is 1. The van der Waals surface area contributed by atoms with Crippen LogP contribution in [0.1, 0.15) is 37.0 Å². The minimum atomic E-state index is -1.03. The maximum atomic E-state index is 12.8. The SMILES string of the molecule is CC(C)[C@H](OC(=O)c1cc(Cl)ccc1O)C(=O)N1CCC[C@@H](C(N)=O)C1. The fourth-order valence-corrected chi connectivity index (χ4v) is 3.08. The summed E-state index contributed by atoms with van der Waals surface area (Å²) in [5.41, 5.74) is 5.24. The summed E-state index contributed by atoms with van der Waals surface area (Å²) < 4.78 is 5.38. The Balaban J connectivity index is 2.15. The molecular formula is C18H23ClN2O5. The molecule has 0 radical (unpaired) electrons. The molecule has 7 nitrogen and oxygen atoms in total. The Morgan fingerprint density at radius 1 is 1.35 bits per heavy atom. The molecule has 142 valence electrons. The molecule has 1 fully saturated rings. The second-order valence-electron chi connectivity index (χ2n) is 6.76. The number of amides is 2. The van der Waals surface area contributed by atoms with Gasteiger partial charge in [0, 0.05) is 18.1 Å². The van der Waals surface area contributed by atoms with E-state index in [1.165, 1.54) is 23.1 Å². The van der Waals surface area contributed by atoms with E-state index >= 15 is 0 Å². The van der Waals surface area contributed by atoms with Gasteiger partial charge in [-0.25, -0.2) is 4.79 Å². The number of aromatic hydroxyl groups is 1. The summed E-state index contributed by atoms with van der Waals surface area (Å²) in [5, 5.41) is 10.1. The minimum absolute atomic E-state index is 0.107. The number of carbonyl (C=O) groups is 3. The van der Waals surface area contributed by atoms with Crippen LogP contribution in [0.15, 0.2) is 18.2 Å². The first kappa shape index (κ1) is 20.0. The number of hydrogen-bond acceptors (Lipinski definition) is 5. The number of rotatable bonds is 5. The van der Waals surface area contributed by atoms with Gasteiger partial charge in [0.05, 0.1) is 5.92 Å². The maximum absolute atomic E-state index is 12.8. The smallest absolute Gasteiger partial charge is 0.342 e. The molecule has 0 spiro atoms. The first-order valence-corrected chi connectivity index (χ1v) is 8.86. The summed E-state index contributed by atoms with van der Waals surface area (Å²) in [6.07, 6.45) is 0.266. The van der Waals surface area contributed by atoms with E-state index in [0.29, 0.717) is 19.4 Å².